The third kappa shape index (κ3) is 3.04. The van der Waals surface area contributed by atoms with Crippen LogP contribution in [0.5, 0.6) is 5.75 Å². The molecule has 21 heavy (non-hydrogen) atoms. The molecule has 0 amide bonds. The van der Waals surface area contributed by atoms with Gasteiger partial charge in [0.1, 0.15) is 11.4 Å². The molecule has 2 rings (SSSR count). The van der Waals surface area contributed by atoms with Gasteiger partial charge in [-0.3, -0.25) is 10.1 Å². The van der Waals surface area contributed by atoms with Crippen LogP contribution < -0.4 is 10.2 Å². The molecule has 0 saturated heterocycles. The van der Waals surface area contributed by atoms with Gasteiger partial charge in [0.2, 0.25) is 5.95 Å². The Morgan fingerprint density at radius 2 is 2.19 bits per heavy atom. The Labute approximate surface area is 121 Å². The van der Waals surface area contributed by atoms with Crippen LogP contribution >= 0.6 is 0 Å². The van der Waals surface area contributed by atoms with E-state index in [1.807, 2.05) is 30.6 Å². The van der Waals surface area contributed by atoms with Crippen LogP contribution in [0.15, 0.2) is 24.4 Å². The molecule has 0 fully saturated rings. The van der Waals surface area contributed by atoms with E-state index in [4.69, 9.17) is 0 Å². The van der Waals surface area contributed by atoms with Crippen LogP contribution in [0.2, 0.25) is 0 Å². The summed E-state index contributed by atoms with van der Waals surface area (Å²) in [6, 6.07) is 4.01. The molecule has 0 unspecified atom stereocenters. The minimum atomic E-state index is -0.531. The van der Waals surface area contributed by atoms with Gasteiger partial charge in [-0.25, -0.2) is 4.98 Å². The first-order valence-corrected chi connectivity index (χ1v) is 6.29. The number of nitro benzene ring substituents is 1. The SMILES string of the molecule is CN(C)c1ncc(CNc2ccc(O)cc2[N+](=O)[O-])n1C. The minimum absolute atomic E-state index is 0.136. The van der Waals surface area contributed by atoms with Crippen molar-refractivity contribution in [3.05, 3.63) is 40.2 Å². The van der Waals surface area contributed by atoms with E-state index in [1.54, 1.807) is 6.20 Å². The van der Waals surface area contributed by atoms with Crippen LogP contribution in [0.3, 0.4) is 0 Å². The van der Waals surface area contributed by atoms with Crippen LogP contribution in [-0.2, 0) is 13.6 Å². The Morgan fingerprint density at radius 1 is 1.48 bits per heavy atom. The molecule has 8 heteroatoms. The number of anilines is 2. The van der Waals surface area contributed by atoms with E-state index < -0.39 is 4.92 Å². The Bertz CT molecular complexity index is 666. The topological polar surface area (TPSA) is 96.5 Å². The van der Waals surface area contributed by atoms with Crippen LogP contribution in [-0.4, -0.2) is 33.7 Å². The molecule has 1 aromatic heterocycles. The third-order valence-corrected chi connectivity index (χ3v) is 3.10. The molecular weight excluding hydrogens is 274 g/mol. The summed E-state index contributed by atoms with van der Waals surface area (Å²) < 4.78 is 1.90. The number of nitrogens with one attached hydrogen (secondary N) is 1. The minimum Gasteiger partial charge on any atom is -0.508 e. The van der Waals surface area contributed by atoms with Crippen molar-refractivity contribution in [1.82, 2.24) is 9.55 Å². The van der Waals surface area contributed by atoms with E-state index in [0.717, 1.165) is 17.7 Å². The molecule has 1 heterocycles. The second-order valence-corrected chi connectivity index (χ2v) is 4.82. The van der Waals surface area contributed by atoms with E-state index in [2.05, 4.69) is 10.3 Å². The van der Waals surface area contributed by atoms with Gasteiger partial charge in [0, 0.05) is 21.1 Å². The van der Waals surface area contributed by atoms with Gasteiger partial charge >= 0.3 is 0 Å². The Balaban J connectivity index is 2.19. The van der Waals surface area contributed by atoms with Gasteiger partial charge < -0.3 is 19.9 Å². The highest BCUT2D eigenvalue weighted by Gasteiger charge is 2.15. The summed E-state index contributed by atoms with van der Waals surface area (Å²) in [4.78, 5) is 16.6. The van der Waals surface area contributed by atoms with Crippen molar-refractivity contribution in [2.75, 3.05) is 24.3 Å². The number of aromatic nitrogens is 2. The van der Waals surface area contributed by atoms with Gasteiger partial charge in [-0.1, -0.05) is 0 Å². The number of nitrogens with zero attached hydrogens (tertiary/aromatic N) is 4. The number of phenols is 1. The summed E-state index contributed by atoms with van der Waals surface area (Å²) in [7, 11) is 5.67. The summed E-state index contributed by atoms with van der Waals surface area (Å²) in [6.45, 7) is 0.392. The number of hydrogen-bond acceptors (Lipinski definition) is 6. The van der Waals surface area contributed by atoms with Crippen molar-refractivity contribution in [1.29, 1.82) is 0 Å². The molecule has 0 radical (unpaired) electrons. The maximum atomic E-state index is 11.0. The predicted molar refractivity (Wildman–Crippen MR) is 79.6 cm³/mol. The number of nitro groups is 1. The fourth-order valence-electron chi connectivity index (χ4n) is 2.02. The average molecular weight is 291 g/mol. The number of phenolic OH excluding ortho intramolecular Hbond substituents is 1. The zero-order valence-electron chi connectivity index (χ0n) is 12.1. The van der Waals surface area contributed by atoms with Crippen molar-refractivity contribution < 1.29 is 10.0 Å². The summed E-state index contributed by atoms with van der Waals surface area (Å²) in [5.74, 6) is 0.662. The summed E-state index contributed by atoms with van der Waals surface area (Å²) in [5.41, 5.74) is 1.08. The summed E-state index contributed by atoms with van der Waals surface area (Å²) in [5, 5.41) is 23.3. The van der Waals surface area contributed by atoms with Crippen molar-refractivity contribution in [3.63, 3.8) is 0 Å². The molecule has 0 saturated carbocycles. The molecule has 0 aliphatic rings. The lowest BCUT2D eigenvalue weighted by atomic mass is 10.2. The lowest BCUT2D eigenvalue weighted by molar-refractivity contribution is -0.384. The van der Waals surface area contributed by atoms with Gasteiger partial charge in [-0.05, 0) is 12.1 Å². The molecule has 112 valence electrons. The van der Waals surface area contributed by atoms with Gasteiger partial charge in [-0.15, -0.1) is 0 Å². The molecule has 0 atom stereocenters. The lowest BCUT2D eigenvalue weighted by Crippen LogP contribution is -2.15. The highest BCUT2D eigenvalue weighted by atomic mass is 16.6. The fourth-order valence-corrected chi connectivity index (χ4v) is 2.02. The summed E-state index contributed by atoms with van der Waals surface area (Å²) >= 11 is 0. The second-order valence-electron chi connectivity index (χ2n) is 4.82. The van der Waals surface area contributed by atoms with Crippen LogP contribution in [0.4, 0.5) is 17.3 Å². The quantitative estimate of drug-likeness (QED) is 0.494. The smallest absolute Gasteiger partial charge is 0.296 e. The summed E-state index contributed by atoms with van der Waals surface area (Å²) in [6.07, 6.45) is 1.72. The monoisotopic (exact) mass is 291 g/mol. The molecule has 0 aliphatic carbocycles. The van der Waals surface area contributed by atoms with Crippen LogP contribution in [0.1, 0.15) is 5.69 Å². The third-order valence-electron chi connectivity index (χ3n) is 3.10. The predicted octanol–water partition coefficient (Wildman–Crippen LogP) is 1.71. The molecular formula is C13H17N5O3. The first-order valence-electron chi connectivity index (χ1n) is 6.29. The van der Waals surface area contributed by atoms with E-state index >= 15 is 0 Å². The molecule has 0 aliphatic heterocycles. The molecule has 2 N–H and O–H groups in total. The molecule has 1 aromatic carbocycles. The average Bonchev–Trinajstić information content (AvgIpc) is 2.78. The van der Waals surface area contributed by atoms with Gasteiger partial charge in [-0.2, -0.15) is 0 Å². The fraction of sp³-hybridized carbons (Fsp3) is 0.308. The van der Waals surface area contributed by atoms with Crippen molar-refractivity contribution in [3.8, 4) is 5.75 Å². The van der Waals surface area contributed by atoms with Gasteiger partial charge in [0.15, 0.2) is 0 Å². The zero-order valence-corrected chi connectivity index (χ0v) is 12.1. The van der Waals surface area contributed by atoms with Crippen LogP contribution in [0, 0.1) is 10.1 Å². The van der Waals surface area contributed by atoms with E-state index in [1.165, 1.54) is 12.1 Å². The molecule has 0 spiro atoms. The highest BCUT2D eigenvalue weighted by Crippen LogP contribution is 2.28. The molecule has 0 bridgehead atoms. The molecule has 8 nitrogen and oxygen atoms in total. The largest absolute Gasteiger partial charge is 0.508 e. The van der Waals surface area contributed by atoms with E-state index in [-0.39, 0.29) is 11.4 Å². The number of aromatic hydroxyl groups is 1. The maximum Gasteiger partial charge on any atom is 0.296 e. The zero-order chi connectivity index (χ0) is 15.6. The number of hydrogen-bond donors (Lipinski definition) is 2. The van der Waals surface area contributed by atoms with Gasteiger partial charge in [0.25, 0.3) is 5.69 Å². The van der Waals surface area contributed by atoms with Crippen molar-refractivity contribution in [2.45, 2.75) is 6.54 Å². The Hall–Kier alpha value is -2.77. The molecule has 2 aromatic rings. The van der Waals surface area contributed by atoms with Gasteiger partial charge in [0.05, 0.1) is 29.4 Å². The standard InChI is InChI=1S/C13H17N5O3/c1-16(2)13-15-8-9(17(13)3)7-14-11-5-4-10(19)6-12(11)18(20)21/h4-6,8,14,19H,7H2,1-3H3. The Morgan fingerprint density at radius 3 is 2.76 bits per heavy atom. The number of benzene rings is 1. The maximum absolute atomic E-state index is 11.0. The second kappa shape index (κ2) is 5.70. The van der Waals surface area contributed by atoms with Crippen molar-refractivity contribution in [2.24, 2.45) is 7.05 Å². The first-order chi connectivity index (χ1) is 9.90. The normalized spacial score (nSPS) is 10.4. The lowest BCUT2D eigenvalue weighted by Gasteiger charge is -2.13. The van der Waals surface area contributed by atoms with Crippen LogP contribution in [0.25, 0.3) is 0 Å². The Kier molecular flexibility index (Phi) is 3.97. The number of imidazole rings is 1. The highest BCUT2D eigenvalue weighted by molar-refractivity contribution is 5.63. The van der Waals surface area contributed by atoms with E-state index in [9.17, 15) is 15.2 Å². The first kappa shape index (κ1) is 14.6. The number of rotatable bonds is 5. The van der Waals surface area contributed by atoms with Crippen molar-refractivity contribution >= 4 is 17.3 Å². The van der Waals surface area contributed by atoms with E-state index in [0.29, 0.717) is 12.2 Å².